The number of nitrogen functional groups attached to an aromatic ring is 1. The van der Waals surface area contributed by atoms with Gasteiger partial charge in [0.1, 0.15) is 10.7 Å². The SMILES string of the molecule is CN(c1ccncc1)S(=O)(=O)c1cnc(N)c(Cl)c1. The molecule has 2 N–H and O–H groups in total. The van der Waals surface area contributed by atoms with Crippen LogP contribution in [0.25, 0.3) is 0 Å². The van der Waals surface area contributed by atoms with Crippen molar-refractivity contribution in [2.24, 2.45) is 0 Å². The Kier molecular flexibility index (Phi) is 3.59. The lowest BCUT2D eigenvalue weighted by molar-refractivity contribution is 0.594. The molecular formula is C11H11ClN4O2S. The molecule has 0 saturated heterocycles. The molecule has 6 nitrogen and oxygen atoms in total. The van der Waals surface area contributed by atoms with Crippen LogP contribution in [0.15, 0.2) is 41.7 Å². The third-order valence-electron chi connectivity index (χ3n) is 2.53. The molecule has 0 radical (unpaired) electrons. The van der Waals surface area contributed by atoms with Gasteiger partial charge in [-0.05, 0) is 18.2 Å². The van der Waals surface area contributed by atoms with E-state index < -0.39 is 10.0 Å². The van der Waals surface area contributed by atoms with E-state index in [-0.39, 0.29) is 15.7 Å². The first-order chi connectivity index (χ1) is 8.93. The number of nitrogens with zero attached hydrogens (tertiary/aromatic N) is 3. The van der Waals surface area contributed by atoms with E-state index in [0.717, 1.165) is 4.31 Å². The van der Waals surface area contributed by atoms with Crippen molar-refractivity contribution in [2.45, 2.75) is 4.90 Å². The van der Waals surface area contributed by atoms with Gasteiger partial charge in [-0.15, -0.1) is 0 Å². The summed E-state index contributed by atoms with van der Waals surface area (Å²) in [7, 11) is -2.29. The van der Waals surface area contributed by atoms with Crippen molar-refractivity contribution in [2.75, 3.05) is 17.1 Å². The van der Waals surface area contributed by atoms with Crippen LogP contribution >= 0.6 is 11.6 Å². The van der Waals surface area contributed by atoms with Crippen molar-refractivity contribution in [3.05, 3.63) is 41.8 Å². The number of aromatic nitrogens is 2. The minimum Gasteiger partial charge on any atom is -0.382 e. The quantitative estimate of drug-likeness (QED) is 0.928. The lowest BCUT2D eigenvalue weighted by atomic mass is 10.4. The van der Waals surface area contributed by atoms with Gasteiger partial charge in [-0.3, -0.25) is 9.29 Å². The number of sulfonamides is 1. The Balaban J connectivity index is 2.45. The van der Waals surface area contributed by atoms with E-state index >= 15 is 0 Å². The van der Waals surface area contributed by atoms with Crippen molar-refractivity contribution in [1.29, 1.82) is 0 Å². The van der Waals surface area contributed by atoms with Gasteiger partial charge in [0, 0.05) is 25.6 Å². The first kappa shape index (κ1) is 13.6. The smallest absolute Gasteiger partial charge is 0.265 e. The maximum absolute atomic E-state index is 12.4. The van der Waals surface area contributed by atoms with Gasteiger partial charge in [0.2, 0.25) is 0 Å². The zero-order valence-electron chi connectivity index (χ0n) is 9.99. The van der Waals surface area contributed by atoms with Crippen molar-refractivity contribution >= 4 is 33.1 Å². The number of nitrogens with two attached hydrogens (primary N) is 1. The second kappa shape index (κ2) is 5.02. The number of halogens is 1. The summed E-state index contributed by atoms with van der Waals surface area (Å²) in [5.74, 6) is 0.0900. The molecule has 100 valence electrons. The van der Waals surface area contributed by atoms with E-state index in [1.54, 1.807) is 12.1 Å². The molecule has 0 unspecified atom stereocenters. The standard InChI is InChI=1S/C11H11ClN4O2S/c1-16(8-2-4-14-5-3-8)19(17,18)9-6-10(12)11(13)15-7-9/h2-7H,1H3,(H2,13,15). The lowest BCUT2D eigenvalue weighted by Crippen LogP contribution is -2.26. The second-order valence-corrected chi connectivity index (χ2v) is 6.09. The third kappa shape index (κ3) is 2.61. The third-order valence-corrected chi connectivity index (χ3v) is 4.58. The summed E-state index contributed by atoms with van der Waals surface area (Å²) in [5.41, 5.74) is 5.95. The molecule has 0 atom stereocenters. The molecule has 2 rings (SSSR count). The molecule has 0 fully saturated rings. The normalized spacial score (nSPS) is 11.3. The average molecular weight is 299 g/mol. The van der Waals surface area contributed by atoms with Crippen LogP contribution in [-0.4, -0.2) is 25.4 Å². The Labute approximate surface area is 115 Å². The Hall–Kier alpha value is -1.86. The van der Waals surface area contributed by atoms with Crippen molar-refractivity contribution in [3.63, 3.8) is 0 Å². The summed E-state index contributed by atoms with van der Waals surface area (Å²) < 4.78 is 25.8. The molecule has 0 spiro atoms. The van der Waals surface area contributed by atoms with Gasteiger partial charge in [-0.1, -0.05) is 11.6 Å². The summed E-state index contributed by atoms with van der Waals surface area (Å²) in [6, 6.07) is 4.45. The van der Waals surface area contributed by atoms with Crippen LogP contribution < -0.4 is 10.0 Å². The minimum absolute atomic E-state index is 0.0222. The molecule has 0 aliphatic rings. The molecule has 0 aromatic carbocycles. The van der Waals surface area contributed by atoms with Gasteiger partial charge in [0.05, 0.1) is 10.7 Å². The molecule has 0 aliphatic heterocycles. The van der Waals surface area contributed by atoms with E-state index in [4.69, 9.17) is 17.3 Å². The Morgan fingerprint density at radius 1 is 1.32 bits per heavy atom. The predicted octanol–water partition coefficient (Wildman–Crippen LogP) is 1.54. The summed E-state index contributed by atoms with van der Waals surface area (Å²) in [4.78, 5) is 7.56. The van der Waals surface area contributed by atoms with Gasteiger partial charge in [0.25, 0.3) is 10.0 Å². The highest BCUT2D eigenvalue weighted by Gasteiger charge is 2.22. The van der Waals surface area contributed by atoms with Crippen LogP contribution in [0.1, 0.15) is 0 Å². The van der Waals surface area contributed by atoms with E-state index in [0.29, 0.717) is 5.69 Å². The summed E-state index contributed by atoms with van der Waals surface area (Å²) in [6.45, 7) is 0. The average Bonchev–Trinajstić information content (AvgIpc) is 2.41. The Morgan fingerprint density at radius 3 is 2.53 bits per heavy atom. The lowest BCUT2D eigenvalue weighted by Gasteiger charge is -2.19. The van der Waals surface area contributed by atoms with Crippen molar-refractivity contribution in [3.8, 4) is 0 Å². The van der Waals surface area contributed by atoms with Crippen LogP contribution in [-0.2, 0) is 10.0 Å². The first-order valence-electron chi connectivity index (χ1n) is 5.23. The summed E-state index contributed by atoms with van der Waals surface area (Å²) >= 11 is 5.79. The number of hydrogen-bond acceptors (Lipinski definition) is 5. The van der Waals surface area contributed by atoms with Gasteiger partial charge in [-0.2, -0.15) is 0 Å². The fourth-order valence-corrected chi connectivity index (χ4v) is 2.82. The highest BCUT2D eigenvalue weighted by atomic mass is 35.5. The molecular weight excluding hydrogens is 288 g/mol. The fraction of sp³-hybridized carbons (Fsp3) is 0.0909. The van der Waals surface area contributed by atoms with Crippen LogP contribution in [0.2, 0.25) is 5.02 Å². The van der Waals surface area contributed by atoms with Crippen LogP contribution in [0.3, 0.4) is 0 Å². The molecule has 19 heavy (non-hydrogen) atoms. The maximum Gasteiger partial charge on any atom is 0.265 e. The van der Waals surface area contributed by atoms with E-state index in [1.807, 2.05) is 0 Å². The van der Waals surface area contributed by atoms with Crippen LogP contribution in [0, 0.1) is 0 Å². The van der Waals surface area contributed by atoms with Gasteiger partial charge in [-0.25, -0.2) is 13.4 Å². The fourth-order valence-electron chi connectivity index (χ4n) is 1.42. The van der Waals surface area contributed by atoms with Gasteiger partial charge >= 0.3 is 0 Å². The van der Waals surface area contributed by atoms with Crippen molar-refractivity contribution < 1.29 is 8.42 Å². The second-order valence-electron chi connectivity index (χ2n) is 3.72. The first-order valence-corrected chi connectivity index (χ1v) is 7.04. The molecule has 2 aromatic heterocycles. The minimum atomic E-state index is -3.73. The van der Waals surface area contributed by atoms with Crippen LogP contribution in [0.5, 0.6) is 0 Å². The van der Waals surface area contributed by atoms with Crippen molar-refractivity contribution in [1.82, 2.24) is 9.97 Å². The Bertz CT molecular complexity index is 691. The molecule has 2 aromatic rings. The largest absolute Gasteiger partial charge is 0.382 e. The van der Waals surface area contributed by atoms with E-state index in [2.05, 4.69) is 9.97 Å². The predicted molar refractivity (Wildman–Crippen MR) is 73.5 cm³/mol. The molecule has 0 aliphatic carbocycles. The van der Waals surface area contributed by atoms with E-state index in [1.165, 1.54) is 31.7 Å². The summed E-state index contributed by atoms with van der Waals surface area (Å²) in [5, 5.41) is 0.101. The van der Waals surface area contributed by atoms with E-state index in [9.17, 15) is 8.42 Å². The molecule has 0 saturated carbocycles. The van der Waals surface area contributed by atoms with Gasteiger partial charge < -0.3 is 5.73 Å². The number of hydrogen-bond donors (Lipinski definition) is 1. The number of rotatable bonds is 3. The topological polar surface area (TPSA) is 89.2 Å². The summed E-state index contributed by atoms with van der Waals surface area (Å²) in [6.07, 6.45) is 4.19. The zero-order chi connectivity index (χ0) is 14.0. The number of anilines is 2. The maximum atomic E-state index is 12.4. The monoisotopic (exact) mass is 298 g/mol. The molecule has 8 heteroatoms. The zero-order valence-corrected chi connectivity index (χ0v) is 11.6. The van der Waals surface area contributed by atoms with Crippen LogP contribution in [0.4, 0.5) is 11.5 Å². The molecule has 2 heterocycles. The van der Waals surface area contributed by atoms with Gasteiger partial charge in [0.15, 0.2) is 0 Å². The molecule has 0 amide bonds. The Morgan fingerprint density at radius 2 is 1.95 bits per heavy atom. The highest BCUT2D eigenvalue weighted by Crippen LogP contribution is 2.24. The highest BCUT2D eigenvalue weighted by molar-refractivity contribution is 7.92. The number of pyridine rings is 2. The molecule has 0 bridgehead atoms.